The maximum Gasteiger partial charge on any atom is 0.187 e. The van der Waals surface area contributed by atoms with Crippen LogP contribution in [0.4, 0.5) is 0 Å². The van der Waals surface area contributed by atoms with Crippen LogP contribution in [0.25, 0.3) is 0 Å². The van der Waals surface area contributed by atoms with Crippen molar-refractivity contribution >= 4 is 5.78 Å². The molecule has 4 rings (SSSR count). The Hall–Kier alpha value is -0.710. The molecule has 0 spiro atoms. The van der Waals surface area contributed by atoms with Crippen LogP contribution in [0.5, 0.6) is 0 Å². The molecule has 4 aliphatic rings. The average molecular weight is 433 g/mol. The van der Waals surface area contributed by atoms with Crippen molar-refractivity contribution in [3.05, 3.63) is 11.6 Å². The molecule has 176 valence electrons. The highest BCUT2D eigenvalue weighted by molar-refractivity contribution is 6.00. The second kappa shape index (κ2) is 7.67. The molecule has 4 aliphatic carbocycles. The molecule has 0 aromatic heterocycles. The van der Waals surface area contributed by atoms with E-state index in [1.165, 1.54) is 19.3 Å². The van der Waals surface area contributed by atoms with E-state index >= 15 is 0 Å². The number of hydrogen-bond donors (Lipinski definition) is 3. The van der Waals surface area contributed by atoms with Crippen LogP contribution in [-0.2, 0) is 4.79 Å². The monoisotopic (exact) mass is 432 g/mol. The molecular weight excluding hydrogens is 388 g/mol. The molecule has 0 saturated heterocycles. The molecule has 0 aliphatic heterocycles. The summed E-state index contributed by atoms with van der Waals surface area (Å²) < 4.78 is 0. The number of fused-ring (bicyclic) bond motifs is 5. The van der Waals surface area contributed by atoms with E-state index in [0.29, 0.717) is 24.7 Å². The Morgan fingerprint density at radius 1 is 0.968 bits per heavy atom. The minimum absolute atomic E-state index is 0.00997. The van der Waals surface area contributed by atoms with Gasteiger partial charge < -0.3 is 15.3 Å². The second-order valence-electron chi connectivity index (χ2n) is 12.5. The van der Waals surface area contributed by atoms with Crippen LogP contribution in [0.3, 0.4) is 0 Å². The van der Waals surface area contributed by atoms with Gasteiger partial charge in [0.15, 0.2) is 5.78 Å². The topological polar surface area (TPSA) is 77.8 Å². The third-order valence-corrected chi connectivity index (χ3v) is 10.4. The number of carbonyl (C=O) groups is 1. The Morgan fingerprint density at radius 2 is 1.65 bits per heavy atom. The highest BCUT2D eigenvalue weighted by Crippen LogP contribution is 2.68. The van der Waals surface area contributed by atoms with Gasteiger partial charge in [0.25, 0.3) is 0 Å². The fourth-order valence-corrected chi connectivity index (χ4v) is 8.33. The predicted molar refractivity (Wildman–Crippen MR) is 122 cm³/mol. The Kier molecular flexibility index (Phi) is 5.80. The fraction of sp³-hybridized carbons (Fsp3) is 0.889. The maximum atomic E-state index is 13.3. The van der Waals surface area contributed by atoms with E-state index in [1.54, 1.807) is 6.08 Å². The molecule has 0 amide bonds. The van der Waals surface area contributed by atoms with Gasteiger partial charge in [0.05, 0.1) is 11.7 Å². The Bertz CT molecular complexity index is 758. The van der Waals surface area contributed by atoms with E-state index in [4.69, 9.17) is 0 Å². The number of rotatable bonds is 5. The molecule has 0 bridgehead atoms. The smallest absolute Gasteiger partial charge is 0.187 e. The SMILES string of the molecule is CC(C)CCC[C@@H](C)[C@H]1CCC2(O)C3=CC(=O)[C@]4(O)C[C@@H](O)CC[C@]4(C)[C@H]3CC[C@]12C. The van der Waals surface area contributed by atoms with Gasteiger partial charge in [-0.25, -0.2) is 0 Å². The van der Waals surface area contributed by atoms with E-state index in [2.05, 4.69) is 27.7 Å². The van der Waals surface area contributed by atoms with Gasteiger partial charge in [-0.15, -0.1) is 0 Å². The zero-order chi connectivity index (χ0) is 22.8. The first-order valence-electron chi connectivity index (χ1n) is 12.8. The van der Waals surface area contributed by atoms with E-state index in [0.717, 1.165) is 37.2 Å². The lowest BCUT2D eigenvalue weighted by molar-refractivity contribution is -0.188. The highest BCUT2D eigenvalue weighted by Gasteiger charge is 2.69. The Balaban J connectivity index is 1.65. The first-order valence-corrected chi connectivity index (χ1v) is 12.8. The normalized spacial score (nSPS) is 48.1. The highest BCUT2D eigenvalue weighted by atomic mass is 16.3. The Morgan fingerprint density at radius 3 is 2.32 bits per heavy atom. The van der Waals surface area contributed by atoms with Crippen molar-refractivity contribution in [2.75, 3.05) is 0 Å². The lowest BCUT2D eigenvalue weighted by atomic mass is 9.44. The van der Waals surface area contributed by atoms with E-state index in [1.807, 2.05) is 6.92 Å². The second-order valence-corrected chi connectivity index (χ2v) is 12.5. The van der Waals surface area contributed by atoms with Crippen molar-refractivity contribution in [3.8, 4) is 0 Å². The average Bonchev–Trinajstić information content (AvgIpc) is 2.96. The summed E-state index contributed by atoms with van der Waals surface area (Å²) in [5.74, 6) is 1.46. The number of aliphatic hydroxyl groups is 3. The van der Waals surface area contributed by atoms with Crippen LogP contribution in [0.1, 0.15) is 98.8 Å². The zero-order valence-electron chi connectivity index (χ0n) is 20.3. The van der Waals surface area contributed by atoms with Gasteiger partial charge in [-0.3, -0.25) is 4.79 Å². The zero-order valence-corrected chi connectivity index (χ0v) is 20.3. The summed E-state index contributed by atoms with van der Waals surface area (Å²) in [6, 6.07) is 0. The summed E-state index contributed by atoms with van der Waals surface area (Å²) in [5.41, 5.74) is -2.39. The van der Waals surface area contributed by atoms with Crippen molar-refractivity contribution in [2.45, 2.75) is 116 Å². The van der Waals surface area contributed by atoms with Gasteiger partial charge in [-0.05, 0) is 73.8 Å². The van der Waals surface area contributed by atoms with Crippen molar-refractivity contribution in [3.63, 3.8) is 0 Å². The van der Waals surface area contributed by atoms with Gasteiger partial charge in [-0.2, -0.15) is 0 Å². The molecule has 0 radical (unpaired) electrons. The molecule has 0 heterocycles. The van der Waals surface area contributed by atoms with Crippen molar-refractivity contribution in [1.29, 1.82) is 0 Å². The third-order valence-electron chi connectivity index (χ3n) is 10.4. The van der Waals surface area contributed by atoms with Crippen LogP contribution in [-0.4, -0.2) is 38.4 Å². The van der Waals surface area contributed by atoms with Gasteiger partial charge in [-0.1, -0.05) is 53.9 Å². The Labute approximate surface area is 188 Å². The largest absolute Gasteiger partial charge is 0.393 e. The molecule has 3 saturated carbocycles. The summed E-state index contributed by atoms with van der Waals surface area (Å²) in [4.78, 5) is 13.3. The van der Waals surface area contributed by atoms with Crippen LogP contribution >= 0.6 is 0 Å². The minimum Gasteiger partial charge on any atom is -0.393 e. The molecular formula is C27H44O4. The quantitative estimate of drug-likeness (QED) is 0.583. The first-order chi connectivity index (χ1) is 14.4. The number of aliphatic hydroxyl groups excluding tert-OH is 1. The summed E-state index contributed by atoms with van der Waals surface area (Å²) >= 11 is 0. The maximum absolute atomic E-state index is 13.3. The van der Waals surface area contributed by atoms with E-state index in [9.17, 15) is 20.1 Å². The van der Waals surface area contributed by atoms with Crippen LogP contribution < -0.4 is 0 Å². The minimum atomic E-state index is -1.51. The number of carbonyl (C=O) groups excluding carboxylic acids is 1. The fourth-order valence-electron chi connectivity index (χ4n) is 8.33. The lowest BCUT2D eigenvalue weighted by Crippen LogP contribution is -2.66. The van der Waals surface area contributed by atoms with Gasteiger partial charge in [0.2, 0.25) is 0 Å². The van der Waals surface area contributed by atoms with E-state index in [-0.39, 0.29) is 23.5 Å². The summed E-state index contributed by atoms with van der Waals surface area (Å²) in [7, 11) is 0. The van der Waals surface area contributed by atoms with Gasteiger partial charge >= 0.3 is 0 Å². The van der Waals surface area contributed by atoms with Crippen LogP contribution in [0.2, 0.25) is 0 Å². The van der Waals surface area contributed by atoms with Crippen molar-refractivity contribution < 1.29 is 20.1 Å². The van der Waals surface area contributed by atoms with Crippen molar-refractivity contribution in [1.82, 2.24) is 0 Å². The van der Waals surface area contributed by atoms with Crippen molar-refractivity contribution in [2.24, 2.45) is 34.5 Å². The molecule has 4 nitrogen and oxygen atoms in total. The standard InChI is InChI=1S/C27H44O4/c1-17(2)7-6-8-18(3)20-11-14-26(30)22-15-23(29)27(31)16-19(28)9-12-25(27,5)21(22)10-13-24(20,26)4/h15,17-21,28,30-31H,6-14,16H2,1-5H3/t18-,19+,20-,21+,24-,25-,26?,27-/m1/s1. The summed E-state index contributed by atoms with van der Waals surface area (Å²) in [5, 5.41) is 33.9. The predicted octanol–water partition coefficient (Wildman–Crippen LogP) is 4.80. The molecule has 8 atom stereocenters. The summed E-state index contributed by atoms with van der Waals surface area (Å²) in [6.45, 7) is 11.2. The van der Waals surface area contributed by atoms with Crippen LogP contribution in [0.15, 0.2) is 11.6 Å². The lowest BCUT2D eigenvalue weighted by Gasteiger charge is -2.62. The number of ketones is 1. The first kappa shape index (κ1) is 23.4. The molecule has 0 aromatic rings. The molecule has 3 N–H and O–H groups in total. The third kappa shape index (κ3) is 3.22. The molecule has 0 aromatic carbocycles. The van der Waals surface area contributed by atoms with Crippen LogP contribution in [0, 0.1) is 34.5 Å². The molecule has 1 unspecified atom stereocenters. The van der Waals surface area contributed by atoms with Gasteiger partial charge in [0.1, 0.15) is 5.60 Å². The number of hydrogen-bond acceptors (Lipinski definition) is 4. The molecule has 4 heteroatoms. The molecule has 3 fully saturated rings. The summed E-state index contributed by atoms with van der Waals surface area (Å²) in [6.07, 6.45) is 9.59. The molecule has 31 heavy (non-hydrogen) atoms. The van der Waals surface area contributed by atoms with E-state index < -0.39 is 22.7 Å². The van der Waals surface area contributed by atoms with Gasteiger partial charge in [0, 0.05) is 17.3 Å².